The maximum atomic E-state index is 14.1. The number of nitrogens with zero attached hydrogens (tertiary/aromatic N) is 2. The maximum absolute atomic E-state index is 14.1. The predicted molar refractivity (Wildman–Crippen MR) is 98.9 cm³/mol. The minimum Gasteiger partial charge on any atom is -0.447 e. The molecule has 0 spiro atoms. The van der Waals surface area contributed by atoms with Crippen LogP contribution in [0, 0.1) is 17.6 Å². The van der Waals surface area contributed by atoms with E-state index in [1.165, 1.54) is 6.07 Å². The summed E-state index contributed by atoms with van der Waals surface area (Å²) in [5, 5.41) is 0. The highest BCUT2D eigenvalue weighted by Crippen LogP contribution is 2.32. The molecule has 2 aromatic carbocycles. The molecule has 2 atom stereocenters. The normalized spacial score (nSPS) is 21.6. The van der Waals surface area contributed by atoms with Crippen molar-refractivity contribution < 1.29 is 27.9 Å². The average Bonchev–Trinajstić information content (AvgIpc) is 3.25. The molecule has 29 heavy (non-hydrogen) atoms. The molecule has 6 nitrogen and oxygen atoms in total. The van der Waals surface area contributed by atoms with Crippen LogP contribution in [0.1, 0.15) is 12.0 Å². The molecule has 0 N–H and O–H groups in total. The summed E-state index contributed by atoms with van der Waals surface area (Å²) in [7, 11) is 0. The monoisotopic (exact) mass is 400 g/mol. The lowest BCUT2D eigenvalue weighted by atomic mass is 10.0. The van der Waals surface area contributed by atoms with Gasteiger partial charge in [-0.05, 0) is 24.1 Å². The number of imide groups is 1. The number of hydrogen-bond acceptors (Lipinski definition) is 4. The van der Waals surface area contributed by atoms with Crippen LogP contribution in [0.3, 0.4) is 0 Å². The van der Waals surface area contributed by atoms with E-state index in [-0.39, 0.29) is 19.6 Å². The molecular weight excluding hydrogens is 382 g/mol. The first kappa shape index (κ1) is 19.0. The molecule has 0 saturated carbocycles. The summed E-state index contributed by atoms with van der Waals surface area (Å²) in [6.07, 6.45) is -0.571. The molecule has 0 aromatic heterocycles. The second-order valence-corrected chi connectivity index (χ2v) is 7.10. The number of benzene rings is 2. The Hall–Kier alpha value is -3.29. The van der Waals surface area contributed by atoms with Crippen LogP contribution in [0.15, 0.2) is 48.5 Å². The van der Waals surface area contributed by atoms with Gasteiger partial charge in [-0.1, -0.05) is 36.4 Å². The van der Waals surface area contributed by atoms with Crippen molar-refractivity contribution >= 4 is 23.6 Å². The molecular formula is C21H18F2N2O4. The number of hydrogen-bond donors (Lipinski definition) is 0. The fraction of sp³-hybridized carbons (Fsp3) is 0.286. The fourth-order valence-electron chi connectivity index (χ4n) is 3.80. The largest absolute Gasteiger partial charge is 0.447 e. The van der Waals surface area contributed by atoms with E-state index in [4.69, 9.17) is 4.74 Å². The summed E-state index contributed by atoms with van der Waals surface area (Å²) in [6, 6.07) is 12.1. The molecule has 2 saturated heterocycles. The summed E-state index contributed by atoms with van der Waals surface area (Å²) in [6.45, 7) is -0.136. The van der Waals surface area contributed by atoms with E-state index < -0.39 is 47.2 Å². The molecule has 0 unspecified atom stereocenters. The Balaban J connectivity index is 1.53. The molecule has 8 heteroatoms. The van der Waals surface area contributed by atoms with Crippen LogP contribution in [0.25, 0.3) is 0 Å². The maximum Gasteiger partial charge on any atom is 0.416 e. The van der Waals surface area contributed by atoms with Gasteiger partial charge in [0, 0.05) is 13.0 Å². The first-order valence-electron chi connectivity index (χ1n) is 9.24. The summed E-state index contributed by atoms with van der Waals surface area (Å²) in [5.74, 6) is -3.78. The molecule has 0 bridgehead atoms. The van der Waals surface area contributed by atoms with Gasteiger partial charge < -0.3 is 9.64 Å². The molecule has 4 rings (SSSR count). The summed E-state index contributed by atoms with van der Waals surface area (Å²) in [4.78, 5) is 39.5. The topological polar surface area (TPSA) is 66.9 Å². The van der Waals surface area contributed by atoms with Crippen LogP contribution in [0.4, 0.5) is 19.3 Å². The van der Waals surface area contributed by atoms with Crippen LogP contribution >= 0.6 is 0 Å². The number of rotatable bonds is 4. The zero-order valence-electron chi connectivity index (χ0n) is 15.4. The molecule has 0 aliphatic carbocycles. The third kappa shape index (κ3) is 3.57. The summed E-state index contributed by atoms with van der Waals surface area (Å²) >= 11 is 0. The standard InChI is InChI=1S/C21H18F2N2O4/c22-16-7-4-8-17(23)19(16)24-11-14(10-18(24)26)20(27)25-15(12-29-21(25)28)9-13-5-2-1-3-6-13/h1-8,14-15H,9-12H2/t14-,15+/m1/s1. The van der Waals surface area contributed by atoms with E-state index in [1.54, 1.807) is 0 Å². The minimum atomic E-state index is -0.884. The summed E-state index contributed by atoms with van der Waals surface area (Å²) < 4.78 is 33.2. The van der Waals surface area contributed by atoms with Crippen LogP contribution in [-0.2, 0) is 20.7 Å². The minimum absolute atomic E-state index is 0.0613. The Morgan fingerprint density at radius 3 is 2.41 bits per heavy atom. The third-order valence-corrected chi connectivity index (χ3v) is 5.19. The number of halogens is 2. The molecule has 2 fully saturated rings. The highest BCUT2D eigenvalue weighted by Gasteiger charge is 2.45. The second-order valence-electron chi connectivity index (χ2n) is 7.10. The van der Waals surface area contributed by atoms with Crippen molar-refractivity contribution in [3.8, 4) is 0 Å². The number of para-hydroxylation sites is 1. The van der Waals surface area contributed by atoms with Gasteiger partial charge in [0.25, 0.3) is 0 Å². The molecule has 2 heterocycles. The second kappa shape index (κ2) is 7.62. The van der Waals surface area contributed by atoms with Gasteiger partial charge in [0.05, 0.1) is 12.0 Å². The number of cyclic esters (lactones) is 1. The highest BCUT2D eigenvalue weighted by atomic mass is 19.1. The van der Waals surface area contributed by atoms with Crippen LogP contribution in [-0.4, -0.2) is 42.0 Å². The number of anilines is 1. The van der Waals surface area contributed by atoms with Crippen molar-refractivity contribution in [3.63, 3.8) is 0 Å². The van der Waals surface area contributed by atoms with Crippen molar-refractivity contribution in [2.45, 2.75) is 18.9 Å². The van der Waals surface area contributed by atoms with Gasteiger partial charge in [-0.25, -0.2) is 18.5 Å². The third-order valence-electron chi connectivity index (χ3n) is 5.19. The number of carbonyl (C=O) groups excluding carboxylic acids is 3. The number of carbonyl (C=O) groups is 3. The Kier molecular flexibility index (Phi) is 5.00. The van der Waals surface area contributed by atoms with Crippen molar-refractivity contribution in [2.24, 2.45) is 5.92 Å². The molecule has 2 aliphatic rings. The zero-order chi connectivity index (χ0) is 20.5. The SMILES string of the molecule is O=C1C[C@@H](C(=O)N2C(=O)OC[C@@H]2Cc2ccccc2)CN1c1c(F)cccc1F. The average molecular weight is 400 g/mol. The molecule has 2 aromatic rings. The zero-order valence-corrected chi connectivity index (χ0v) is 15.4. The van der Waals surface area contributed by atoms with Crippen molar-refractivity contribution in [1.82, 2.24) is 4.90 Å². The predicted octanol–water partition coefficient (Wildman–Crippen LogP) is 2.91. The molecule has 2 aliphatic heterocycles. The first-order valence-corrected chi connectivity index (χ1v) is 9.24. The van der Waals surface area contributed by atoms with Crippen LogP contribution in [0.5, 0.6) is 0 Å². The van der Waals surface area contributed by atoms with E-state index >= 15 is 0 Å². The van der Waals surface area contributed by atoms with Gasteiger partial charge >= 0.3 is 6.09 Å². The van der Waals surface area contributed by atoms with Gasteiger partial charge in [0.15, 0.2) is 0 Å². The van der Waals surface area contributed by atoms with Gasteiger partial charge in [0.2, 0.25) is 11.8 Å². The molecule has 3 amide bonds. The Morgan fingerprint density at radius 1 is 1.03 bits per heavy atom. The van der Waals surface area contributed by atoms with Crippen molar-refractivity contribution in [2.75, 3.05) is 18.1 Å². The smallest absolute Gasteiger partial charge is 0.416 e. The van der Waals surface area contributed by atoms with Crippen LogP contribution in [0.2, 0.25) is 0 Å². The highest BCUT2D eigenvalue weighted by molar-refractivity contribution is 6.03. The van der Waals surface area contributed by atoms with Gasteiger partial charge in [-0.15, -0.1) is 0 Å². The Bertz CT molecular complexity index is 946. The van der Waals surface area contributed by atoms with Crippen molar-refractivity contribution in [1.29, 1.82) is 0 Å². The Labute approximate surface area is 165 Å². The first-order chi connectivity index (χ1) is 14.0. The van der Waals surface area contributed by atoms with E-state index in [1.807, 2.05) is 30.3 Å². The van der Waals surface area contributed by atoms with Gasteiger partial charge in [0.1, 0.15) is 23.9 Å². The lowest BCUT2D eigenvalue weighted by Crippen LogP contribution is -2.44. The van der Waals surface area contributed by atoms with E-state index in [0.29, 0.717) is 6.42 Å². The van der Waals surface area contributed by atoms with Crippen molar-refractivity contribution in [3.05, 3.63) is 65.7 Å². The number of amides is 3. The molecule has 0 radical (unpaired) electrons. The fourth-order valence-corrected chi connectivity index (χ4v) is 3.80. The van der Waals surface area contributed by atoms with E-state index in [2.05, 4.69) is 0 Å². The van der Waals surface area contributed by atoms with E-state index in [0.717, 1.165) is 27.5 Å². The van der Waals surface area contributed by atoms with Gasteiger partial charge in [-0.2, -0.15) is 0 Å². The quantitative estimate of drug-likeness (QED) is 0.792. The number of ether oxygens (including phenoxy) is 1. The lowest BCUT2D eigenvalue weighted by molar-refractivity contribution is -0.133. The van der Waals surface area contributed by atoms with E-state index in [9.17, 15) is 23.2 Å². The summed E-state index contributed by atoms with van der Waals surface area (Å²) in [5.41, 5.74) is 0.462. The van der Waals surface area contributed by atoms with Gasteiger partial charge in [-0.3, -0.25) is 9.59 Å². The van der Waals surface area contributed by atoms with Crippen LogP contribution < -0.4 is 4.90 Å². The molecule has 150 valence electrons. The lowest BCUT2D eigenvalue weighted by Gasteiger charge is -2.23. The Morgan fingerprint density at radius 2 is 1.72 bits per heavy atom.